The summed E-state index contributed by atoms with van der Waals surface area (Å²) < 4.78 is 43.8. The van der Waals surface area contributed by atoms with Crippen LogP contribution in [0.1, 0.15) is 31.2 Å². The first kappa shape index (κ1) is 13.4. The van der Waals surface area contributed by atoms with Gasteiger partial charge in [0.15, 0.2) is 5.69 Å². The van der Waals surface area contributed by atoms with Crippen molar-refractivity contribution in [2.75, 3.05) is 6.61 Å². The SMILES string of the molecule is OB(O)c1cc(C(F)(F)F)nn1[C@@H]1CCCCO1. The molecule has 0 radical (unpaired) electrons. The van der Waals surface area contributed by atoms with E-state index in [9.17, 15) is 13.2 Å². The molecule has 0 aliphatic carbocycles. The van der Waals surface area contributed by atoms with Crippen molar-refractivity contribution >= 4 is 12.7 Å². The van der Waals surface area contributed by atoms with E-state index in [1.807, 2.05) is 0 Å². The third kappa shape index (κ3) is 2.68. The highest BCUT2D eigenvalue weighted by Gasteiger charge is 2.37. The van der Waals surface area contributed by atoms with Crippen LogP contribution in [-0.4, -0.2) is 33.6 Å². The number of alkyl halides is 3. The monoisotopic (exact) mass is 264 g/mol. The van der Waals surface area contributed by atoms with Gasteiger partial charge in [-0.25, -0.2) is 4.68 Å². The van der Waals surface area contributed by atoms with E-state index in [2.05, 4.69) is 5.10 Å². The van der Waals surface area contributed by atoms with Gasteiger partial charge in [-0.1, -0.05) is 0 Å². The molecule has 0 unspecified atom stereocenters. The van der Waals surface area contributed by atoms with E-state index in [1.165, 1.54) is 0 Å². The Morgan fingerprint density at radius 2 is 2.11 bits per heavy atom. The number of nitrogens with zero attached hydrogens (tertiary/aromatic N) is 2. The Balaban J connectivity index is 2.34. The van der Waals surface area contributed by atoms with Gasteiger partial charge in [0.25, 0.3) is 0 Å². The third-order valence-corrected chi connectivity index (χ3v) is 2.75. The number of halogens is 3. The van der Waals surface area contributed by atoms with Crippen LogP contribution in [0.5, 0.6) is 0 Å². The summed E-state index contributed by atoms with van der Waals surface area (Å²) in [7, 11) is -2.01. The lowest BCUT2D eigenvalue weighted by atomic mass is 9.85. The summed E-state index contributed by atoms with van der Waals surface area (Å²) >= 11 is 0. The quantitative estimate of drug-likeness (QED) is 0.753. The van der Waals surface area contributed by atoms with Gasteiger partial charge in [-0.15, -0.1) is 0 Å². The number of rotatable bonds is 2. The van der Waals surface area contributed by atoms with Crippen LogP contribution in [0.25, 0.3) is 0 Å². The predicted molar refractivity (Wildman–Crippen MR) is 55.9 cm³/mol. The first-order valence-corrected chi connectivity index (χ1v) is 5.54. The second kappa shape index (κ2) is 4.91. The fraction of sp³-hybridized carbons (Fsp3) is 0.667. The zero-order chi connectivity index (χ0) is 13.3. The second-order valence-corrected chi connectivity index (χ2v) is 4.09. The number of hydrogen-bond donors (Lipinski definition) is 2. The van der Waals surface area contributed by atoms with Gasteiger partial charge >= 0.3 is 13.3 Å². The molecule has 1 saturated heterocycles. The summed E-state index contributed by atoms with van der Waals surface area (Å²) in [4.78, 5) is 0. The Morgan fingerprint density at radius 1 is 1.39 bits per heavy atom. The molecule has 1 fully saturated rings. The maximum Gasteiger partial charge on any atom is 0.507 e. The zero-order valence-electron chi connectivity index (χ0n) is 9.39. The van der Waals surface area contributed by atoms with Gasteiger partial charge in [0.05, 0.1) is 5.59 Å². The third-order valence-electron chi connectivity index (χ3n) is 2.75. The fourth-order valence-electron chi connectivity index (χ4n) is 1.89. The highest BCUT2D eigenvalue weighted by Crippen LogP contribution is 2.29. The Labute approximate surface area is 101 Å². The molecule has 0 amide bonds. The van der Waals surface area contributed by atoms with Crippen molar-refractivity contribution in [3.05, 3.63) is 11.8 Å². The molecular weight excluding hydrogens is 252 g/mol. The molecule has 5 nitrogen and oxygen atoms in total. The van der Waals surface area contributed by atoms with Crippen LogP contribution in [0, 0.1) is 0 Å². The van der Waals surface area contributed by atoms with E-state index >= 15 is 0 Å². The average molecular weight is 264 g/mol. The van der Waals surface area contributed by atoms with E-state index in [0.29, 0.717) is 19.1 Å². The Morgan fingerprint density at radius 3 is 2.61 bits per heavy atom. The predicted octanol–water partition coefficient (Wildman–Crippen LogP) is 0.281. The van der Waals surface area contributed by atoms with Crippen LogP contribution in [0.2, 0.25) is 0 Å². The maximum atomic E-state index is 12.5. The lowest BCUT2D eigenvalue weighted by Gasteiger charge is -2.24. The molecule has 1 aliphatic heterocycles. The van der Waals surface area contributed by atoms with Crippen molar-refractivity contribution in [2.24, 2.45) is 0 Å². The smallest absolute Gasteiger partial charge is 0.422 e. The fourth-order valence-corrected chi connectivity index (χ4v) is 1.89. The van der Waals surface area contributed by atoms with Crippen molar-refractivity contribution in [1.82, 2.24) is 9.78 Å². The van der Waals surface area contributed by atoms with Gasteiger partial charge in [-0.2, -0.15) is 18.3 Å². The average Bonchev–Trinajstić information content (AvgIpc) is 2.74. The summed E-state index contributed by atoms with van der Waals surface area (Å²) in [5.41, 5.74) is -1.46. The van der Waals surface area contributed by atoms with Crippen LogP contribution in [-0.2, 0) is 10.9 Å². The van der Waals surface area contributed by atoms with E-state index in [-0.39, 0.29) is 5.59 Å². The van der Waals surface area contributed by atoms with Gasteiger partial charge in [-0.3, -0.25) is 0 Å². The van der Waals surface area contributed by atoms with Crippen LogP contribution in [0.15, 0.2) is 6.07 Å². The molecule has 0 saturated carbocycles. The van der Waals surface area contributed by atoms with Gasteiger partial charge < -0.3 is 14.8 Å². The summed E-state index contributed by atoms with van der Waals surface area (Å²) in [6.45, 7) is 0.423. The Kier molecular flexibility index (Phi) is 3.65. The lowest BCUT2D eigenvalue weighted by molar-refractivity contribution is -0.142. The molecule has 1 atom stereocenters. The van der Waals surface area contributed by atoms with Gasteiger partial charge in [0.2, 0.25) is 0 Å². The molecule has 2 heterocycles. The minimum absolute atomic E-state index is 0.311. The molecule has 0 bridgehead atoms. The molecule has 2 rings (SSSR count). The molecule has 0 aromatic carbocycles. The van der Waals surface area contributed by atoms with E-state index in [1.54, 1.807) is 0 Å². The van der Waals surface area contributed by atoms with Crippen molar-refractivity contribution in [3.63, 3.8) is 0 Å². The first-order chi connectivity index (χ1) is 8.39. The molecule has 18 heavy (non-hydrogen) atoms. The minimum atomic E-state index is -4.62. The minimum Gasteiger partial charge on any atom is -0.422 e. The molecule has 1 aliphatic rings. The summed E-state index contributed by atoms with van der Waals surface area (Å²) in [6.07, 6.45) is -3.16. The van der Waals surface area contributed by atoms with Crippen molar-refractivity contribution in [2.45, 2.75) is 31.7 Å². The zero-order valence-corrected chi connectivity index (χ0v) is 9.39. The van der Waals surface area contributed by atoms with Gasteiger partial charge in [0.1, 0.15) is 6.23 Å². The molecular formula is C9H12BF3N2O3. The van der Waals surface area contributed by atoms with Gasteiger partial charge in [-0.05, 0) is 25.3 Å². The van der Waals surface area contributed by atoms with E-state index in [0.717, 1.165) is 17.5 Å². The molecule has 1 aromatic rings. The van der Waals surface area contributed by atoms with Crippen molar-refractivity contribution in [3.8, 4) is 0 Å². The van der Waals surface area contributed by atoms with Crippen molar-refractivity contribution < 1.29 is 28.0 Å². The molecule has 100 valence electrons. The standard InChI is InChI=1S/C9H12BF3N2O3/c11-9(12,13)6-5-7(10(16)17)15(14-6)8-3-1-2-4-18-8/h5,8,16-17H,1-4H2/t8-/m0/s1. The van der Waals surface area contributed by atoms with Crippen LogP contribution in [0.4, 0.5) is 13.2 Å². The first-order valence-electron chi connectivity index (χ1n) is 5.54. The molecule has 9 heteroatoms. The number of hydrogen-bond acceptors (Lipinski definition) is 4. The maximum absolute atomic E-state index is 12.5. The summed E-state index contributed by atoms with van der Waals surface area (Å²) in [6, 6.07) is 0.628. The van der Waals surface area contributed by atoms with E-state index in [4.69, 9.17) is 14.8 Å². The normalized spacial score (nSPS) is 21.1. The van der Waals surface area contributed by atoms with E-state index < -0.39 is 25.2 Å². The molecule has 2 N–H and O–H groups in total. The summed E-state index contributed by atoms with van der Waals surface area (Å²) in [5.74, 6) is 0. The van der Waals surface area contributed by atoms with Gasteiger partial charge in [0, 0.05) is 6.61 Å². The summed E-state index contributed by atoms with van der Waals surface area (Å²) in [5, 5.41) is 21.5. The van der Waals surface area contributed by atoms with Crippen LogP contribution in [0.3, 0.4) is 0 Å². The lowest BCUT2D eigenvalue weighted by Crippen LogP contribution is -2.39. The van der Waals surface area contributed by atoms with Crippen LogP contribution < -0.4 is 5.59 Å². The van der Waals surface area contributed by atoms with Crippen LogP contribution >= 0.6 is 0 Å². The largest absolute Gasteiger partial charge is 0.507 e. The Hall–Kier alpha value is -1.06. The Bertz CT molecular complexity index is 416. The number of aromatic nitrogens is 2. The topological polar surface area (TPSA) is 67.5 Å². The molecule has 0 spiro atoms. The number of ether oxygens (including phenoxy) is 1. The van der Waals surface area contributed by atoms with Crippen molar-refractivity contribution in [1.29, 1.82) is 0 Å². The highest BCUT2D eigenvalue weighted by atomic mass is 19.4. The highest BCUT2D eigenvalue weighted by molar-refractivity contribution is 6.57. The second-order valence-electron chi connectivity index (χ2n) is 4.09. The molecule has 1 aromatic heterocycles.